The number of aromatic nitrogens is 1. The van der Waals surface area contributed by atoms with Gasteiger partial charge in [0.2, 0.25) is 0 Å². The Balaban J connectivity index is 1.85. The van der Waals surface area contributed by atoms with Crippen molar-refractivity contribution in [2.45, 2.75) is 13.3 Å². The second kappa shape index (κ2) is 7.90. The average Bonchev–Trinajstić information content (AvgIpc) is 3.03. The first-order chi connectivity index (χ1) is 13.2. The van der Waals surface area contributed by atoms with Crippen molar-refractivity contribution >= 4 is 32.5 Å². The van der Waals surface area contributed by atoms with Gasteiger partial charge in [0, 0.05) is 11.6 Å². The van der Waals surface area contributed by atoms with Crippen molar-refractivity contribution < 1.29 is 22.7 Å². The number of alkyl halides is 3. The number of rotatable bonds is 6. The fourth-order valence-corrected chi connectivity index (χ4v) is 3.52. The quantitative estimate of drug-likeness (QED) is 0.436. The van der Waals surface area contributed by atoms with Gasteiger partial charge in [-0.25, -0.2) is 4.98 Å². The topological polar surface area (TPSA) is 42.4 Å². The van der Waals surface area contributed by atoms with Crippen LogP contribution >= 0.6 is 11.3 Å². The number of fused-ring (bicyclic) bond motifs is 1. The molecule has 3 aromatic rings. The third-order valence-electron chi connectivity index (χ3n) is 3.84. The molecule has 0 aliphatic heterocycles. The fourth-order valence-electron chi connectivity index (χ4n) is 2.53. The molecule has 0 saturated carbocycles. The highest BCUT2D eigenvalue weighted by Gasteiger charge is 2.31. The van der Waals surface area contributed by atoms with Crippen LogP contribution in [0.15, 0.2) is 42.5 Å². The van der Waals surface area contributed by atoms with Crippen LogP contribution < -0.4 is 9.64 Å². The number of nitrogens with zero attached hydrogens (tertiary/aromatic N) is 2. The molecule has 4 nitrogen and oxygen atoms in total. The molecule has 0 radical (unpaired) electrons. The fraction of sp³-hybridized carbons (Fsp3) is 0.200. The normalized spacial score (nSPS) is 11.2. The SMILES string of the molecule is C#CCN(CC(=O)c1ccc(C)cc1)c1nc2ccc(OC(F)(F)F)cc2s1. The molecule has 144 valence electrons. The summed E-state index contributed by atoms with van der Waals surface area (Å²) in [6.45, 7) is 2.08. The molecule has 8 heteroatoms. The van der Waals surface area contributed by atoms with E-state index in [0.717, 1.165) is 16.9 Å². The Labute approximate surface area is 163 Å². The van der Waals surface area contributed by atoms with E-state index in [2.05, 4.69) is 15.6 Å². The highest BCUT2D eigenvalue weighted by atomic mass is 32.1. The van der Waals surface area contributed by atoms with Crippen LogP contribution in [0.4, 0.5) is 18.3 Å². The molecule has 1 heterocycles. The van der Waals surface area contributed by atoms with Gasteiger partial charge in [0.1, 0.15) is 5.75 Å². The summed E-state index contributed by atoms with van der Waals surface area (Å²) < 4.78 is 41.6. The zero-order chi connectivity index (χ0) is 20.3. The Morgan fingerprint density at radius 1 is 1.25 bits per heavy atom. The molecule has 2 aromatic carbocycles. The van der Waals surface area contributed by atoms with Crippen molar-refractivity contribution in [3.63, 3.8) is 0 Å². The van der Waals surface area contributed by atoms with Gasteiger partial charge in [0.05, 0.1) is 23.3 Å². The molecule has 1 aromatic heterocycles. The maximum Gasteiger partial charge on any atom is 0.573 e. The molecular formula is C20H15F3N2O2S. The largest absolute Gasteiger partial charge is 0.573 e. The number of benzene rings is 2. The van der Waals surface area contributed by atoms with Crippen LogP contribution in [0.1, 0.15) is 15.9 Å². The van der Waals surface area contributed by atoms with E-state index >= 15 is 0 Å². The van der Waals surface area contributed by atoms with Gasteiger partial charge >= 0.3 is 6.36 Å². The van der Waals surface area contributed by atoms with Gasteiger partial charge in [0.15, 0.2) is 10.9 Å². The zero-order valence-corrected chi connectivity index (χ0v) is 15.6. The minimum absolute atomic E-state index is 0.0129. The highest BCUT2D eigenvalue weighted by Crippen LogP contribution is 2.33. The lowest BCUT2D eigenvalue weighted by Crippen LogP contribution is -2.30. The Hall–Kier alpha value is -3.05. The summed E-state index contributed by atoms with van der Waals surface area (Å²) in [5.74, 6) is 2.03. The molecule has 0 bridgehead atoms. The first-order valence-electron chi connectivity index (χ1n) is 8.20. The minimum Gasteiger partial charge on any atom is -0.406 e. The van der Waals surface area contributed by atoms with Gasteiger partial charge in [0.25, 0.3) is 0 Å². The van der Waals surface area contributed by atoms with Gasteiger partial charge in [-0.1, -0.05) is 47.1 Å². The Morgan fingerprint density at radius 3 is 2.61 bits per heavy atom. The molecule has 3 rings (SSSR count). The Bertz CT molecular complexity index is 1040. The van der Waals surface area contributed by atoms with Crippen molar-refractivity contribution in [2.24, 2.45) is 0 Å². The first-order valence-corrected chi connectivity index (χ1v) is 9.01. The van der Waals surface area contributed by atoms with Crippen molar-refractivity contribution in [3.8, 4) is 18.1 Å². The van der Waals surface area contributed by atoms with E-state index in [9.17, 15) is 18.0 Å². The molecule has 0 amide bonds. The molecule has 28 heavy (non-hydrogen) atoms. The van der Waals surface area contributed by atoms with Crippen LogP contribution in [0.25, 0.3) is 10.2 Å². The number of hydrogen-bond donors (Lipinski definition) is 0. The van der Waals surface area contributed by atoms with Gasteiger partial charge < -0.3 is 9.64 Å². The number of hydrogen-bond acceptors (Lipinski definition) is 5. The lowest BCUT2D eigenvalue weighted by Gasteiger charge is -2.18. The smallest absolute Gasteiger partial charge is 0.406 e. The number of carbonyl (C=O) groups is 1. The van der Waals surface area contributed by atoms with E-state index in [1.807, 2.05) is 19.1 Å². The second-order valence-electron chi connectivity index (χ2n) is 6.02. The van der Waals surface area contributed by atoms with Crippen LogP contribution in [0.5, 0.6) is 5.75 Å². The molecule has 0 aliphatic carbocycles. The molecule has 0 atom stereocenters. The van der Waals surface area contributed by atoms with Crippen LogP contribution in [-0.4, -0.2) is 30.2 Å². The van der Waals surface area contributed by atoms with Crippen molar-refractivity contribution in [3.05, 3.63) is 53.6 Å². The summed E-state index contributed by atoms with van der Waals surface area (Å²) in [7, 11) is 0. The molecule has 0 saturated heterocycles. The highest BCUT2D eigenvalue weighted by molar-refractivity contribution is 7.22. The lowest BCUT2D eigenvalue weighted by molar-refractivity contribution is -0.274. The number of Topliss-reactive ketones (excluding diaryl/α,β-unsaturated/α-hetero) is 1. The Morgan fingerprint density at radius 2 is 1.96 bits per heavy atom. The summed E-state index contributed by atoms with van der Waals surface area (Å²) in [4.78, 5) is 18.6. The molecule has 0 unspecified atom stereocenters. The standard InChI is InChI=1S/C20H15F3N2O2S/c1-3-10-25(12-17(26)14-6-4-13(2)5-7-14)19-24-16-9-8-15(11-18(16)28-19)27-20(21,22)23/h1,4-9,11H,10,12H2,2H3. The summed E-state index contributed by atoms with van der Waals surface area (Å²) >= 11 is 1.14. The van der Waals surface area contributed by atoms with Crippen LogP contribution in [0.2, 0.25) is 0 Å². The summed E-state index contributed by atoms with van der Waals surface area (Å²) in [6.07, 6.45) is 0.651. The number of anilines is 1. The van der Waals surface area contributed by atoms with Gasteiger partial charge in [-0.05, 0) is 19.1 Å². The molecule has 0 fully saturated rings. The predicted octanol–water partition coefficient (Wildman–Crippen LogP) is 4.83. The van der Waals surface area contributed by atoms with Crippen molar-refractivity contribution in [1.82, 2.24) is 4.98 Å². The molecular weight excluding hydrogens is 389 g/mol. The van der Waals surface area contributed by atoms with E-state index in [4.69, 9.17) is 6.42 Å². The van der Waals surface area contributed by atoms with E-state index in [1.54, 1.807) is 17.0 Å². The van der Waals surface area contributed by atoms with Crippen LogP contribution in [0, 0.1) is 19.3 Å². The monoisotopic (exact) mass is 404 g/mol. The van der Waals surface area contributed by atoms with Gasteiger partial charge in [-0.2, -0.15) is 0 Å². The van der Waals surface area contributed by atoms with Crippen LogP contribution in [-0.2, 0) is 0 Å². The third kappa shape index (κ3) is 4.81. The number of aryl methyl sites for hydroxylation is 1. The zero-order valence-electron chi connectivity index (χ0n) is 14.8. The Kier molecular flexibility index (Phi) is 5.56. The van der Waals surface area contributed by atoms with E-state index in [-0.39, 0.29) is 24.6 Å². The van der Waals surface area contributed by atoms with Crippen molar-refractivity contribution in [1.29, 1.82) is 0 Å². The first kappa shape index (κ1) is 19.7. The molecule has 0 N–H and O–H groups in total. The van der Waals surface area contributed by atoms with Gasteiger partial charge in [-0.15, -0.1) is 19.6 Å². The molecule has 0 aliphatic rings. The summed E-state index contributed by atoms with van der Waals surface area (Å²) in [5, 5.41) is 0.456. The van der Waals surface area contributed by atoms with E-state index in [0.29, 0.717) is 20.9 Å². The number of ether oxygens (including phenoxy) is 1. The van der Waals surface area contributed by atoms with Crippen molar-refractivity contribution in [2.75, 3.05) is 18.0 Å². The summed E-state index contributed by atoms with van der Waals surface area (Å²) in [6, 6.07) is 11.1. The average molecular weight is 404 g/mol. The maximum atomic E-state index is 12.6. The van der Waals surface area contributed by atoms with Crippen LogP contribution in [0.3, 0.4) is 0 Å². The number of thiazole rings is 1. The third-order valence-corrected chi connectivity index (χ3v) is 4.92. The van der Waals surface area contributed by atoms with E-state index < -0.39 is 6.36 Å². The number of halogens is 3. The summed E-state index contributed by atoms with van der Waals surface area (Å²) in [5.41, 5.74) is 2.09. The number of terminal acetylenes is 1. The predicted molar refractivity (Wildman–Crippen MR) is 103 cm³/mol. The second-order valence-corrected chi connectivity index (χ2v) is 7.03. The van der Waals surface area contributed by atoms with Gasteiger partial charge in [-0.3, -0.25) is 4.79 Å². The number of carbonyl (C=O) groups excluding carboxylic acids is 1. The lowest BCUT2D eigenvalue weighted by atomic mass is 10.1. The molecule has 0 spiro atoms. The number of ketones is 1. The maximum absolute atomic E-state index is 12.6. The van der Waals surface area contributed by atoms with E-state index in [1.165, 1.54) is 18.2 Å². The minimum atomic E-state index is -4.77.